The number of para-hydroxylation sites is 4. The van der Waals surface area contributed by atoms with E-state index in [1.165, 1.54) is 48.2 Å². The first-order valence-corrected chi connectivity index (χ1v) is 15.4. The predicted molar refractivity (Wildman–Crippen MR) is 164 cm³/mol. The highest BCUT2D eigenvalue weighted by atomic mass is 28.3. The smallest absolute Gasteiger partial charge is 0.188 e. The minimum absolute atomic E-state index is 0.957. The van der Waals surface area contributed by atoms with E-state index in [4.69, 9.17) is 4.74 Å². The van der Waals surface area contributed by atoms with Crippen molar-refractivity contribution in [2.75, 3.05) is 0 Å². The van der Waals surface area contributed by atoms with Crippen LogP contribution >= 0.6 is 0 Å². The van der Waals surface area contributed by atoms with Gasteiger partial charge in [0, 0.05) is 16.5 Å². The predicted octanol–water partition coefficient (Wildman–Crippen LogP) is 6.27. The Hall–Kier alpha value is -4.86. The second-order valence-electron chi connectivity index (χ2n) is 10.1. The molecule has 0 radical (unpaired) electrons. The second kappa shape index (κ2) is 8.59. The minimum atomic E-state index is -2.69. The largest absolute Gasteiger partial charge is 0.458 e. The van der Waals surface area contributed by atoms with Gasteiger partial charge in [-0.1, -0.05) is 115 Å². The third kappa shape index (κ3) is 3.14. The van der Waals surface area contributed by atoms with Crippen molar-refractivity contribution in [1.82, 2.24) is 4.57 Å². The van der Waals surface area contributed by atoms with E-state index in [2.05, 4.69) is 156 Å². The molecule has 0 atom stereocenters. The van der Waals surface area contributed by atoms with Gasteiger partial charge in [-0.05, 0) is 57.1 Å². The van der Waals surface area contributed by atoms with E-state index in [1.807, 2.05) is 0 Å². The Labute approximate surface area is 228 Å². The maximum Gasteiger partial charge on any atom is 0.188 e. The standard InChI is InChI=1S/C36H25NOSi/c1-3-13-26(14-4-1)37-31-18-8-7-17-29(31)30-25-28(23-24-32(30)37)39(27-15-5-2-6-16-27)35-21-11-9-19-33(35)38-34-20-10-12-22-36(34)39/h1-25H. The lowest BCUT2D eigenvalue weighted by molar-refractivity contribution is 0.487. The van der Waals surface area contributed by atoms with Gasteiger partial charge >= 0.3 is 0 Å². The van der Waals surface area contributed by atoms with Gasteiger partial charge < -0.3 is 9.30 Å². The Kier molecular flexibility index (Phi) is 4.88. The zero-order chi connectivity index (χ0) is 25.8. The van der Waals surface area contributed by atoms with Gasteiger partial charge in [-0.25, -0.2) is 0 Å². The number of aromatic nitrogens is 1. The number of benzene rings is 6. The first kappa shape index (κ1) is 22.2. The monoisotopic (exact) mass is 515 g/mol. The molecule has 6 aromatic carbocycles. The van der Waals surface area contributed by atoms with Crippen molar-refractivity contribution < 1.29 is 4.74 Å². The van der Waals surface area contributed by atoms with Gasteiger partial charge in [-0.3, -0.25) is 0 Å². The van der Waals surface area contributed by atoms with E-state index in [9.17, 15) is 0 Å². The van der Waals surface area contributed by atoms with Crippen LogP contribution in [0.1, 0.15) is 0 Å². The van der Waals surface area contributed by atoms with Crippen LogP contribution in [0.5, 0.6) is 11.5 Å². The molecule has 184 valence electrons. The molecule has 7 aromatic rings. The van der Waals surface area contributed by atoms with E-state index in [0.717, 1.165) is 11.5 Å². The van der Waals surface area contributed by atoms with Crippen molar-refractivity contribution in [1.29, 1.82) is 0 Å². The highest BCUT2D eigenvalue weighted by Gasteiger charge is 2.47. The van der Waals surface area contributed by atoms with Gasteiger partial charge in [0.1, 0.15) is 11.5 Å². The minimum Gasteiger partial charge on any atom is -0.458 e. The van der Waals surface area contributed by atoms with Crippen LogP contribution in [-0.2, 0) is 0 Å². The number of fused-ring (bicyclic) bond motifs is 5. The molecule has 1 aliphatic heterocycles. The van der Waals surface area contributed by atoms with E-state index in [-0.39, 0.29) is 0 Å². The third-order valence-corrected chi connectivity index (χ3v) is 12.9. The zero-order valence-electron chi connectivity index (χ0n) is 21.3. The van der Waals surface area contributed by atoms with E-state index in [1.54, 1.807) is 0 Å². The molecule has 2 nitrogen and oxygen atoms in total. The van der Waals surface area contributed by atoms with Crippen LogP contribution in [0.15, 0.2) is 152 Å². The first-order chi connectivity index (χ1) is 19.4. The summed E-state index contributed by atoms with van der Waals surface area (Å²) in [6.45, 7) is 0. The van der Waals surface area contributed by atoms with Crippen LogP contribution in [0.25, 0.3) is 27.5 Å². The molecule has 0 bridgehead atoms. The van der Waals surface area contributed by atoms with Crippen LogP contribution < -0.4 is 25.5 Å². The number of hydrogen-bond acceptors (Lipinski definition) is 1. The van der Waals surface area contributed by atoms with Crippen molar-refractivity contribution in [2.45, 2.75) is 0 Å². The lowest BCUT2D eigenvalue weighted by Crippen LogP contribution is -2.76. The summed E-state index contributed by atoms with van der Waals surface area (Å²) in [5.74, 6) is 1.91. The highest BCUT2D eigenvalue weighted by Crippen LogP contribution is 2.33. The Balaban J connectivity index is 1.52. The quantitative estimate of drug-likeness (QED) is 0.253. The van der Waals surface area contributed by atoms with Crippen LogP contribution in [-0.4, -0.2) is 12.6 Å². The second-order valence-corrected chi connectivity index (χ2v) is 13.9. The lowest BCUT2D eigenvalue weighted by Gasteiger charge is -2.39. The summed E-state index contributed by atoms with van der Waals surface area (Å²) in [7, 11) is -2.69. The highest BCUT2D eigenvalue weighted by molar-refractivity contribution is 7.20. The Bertz CT molecular complexity index is 1950. The molecule has 0 spiro atoms. The molecule has 1 aliphatic rings. The van der Waals surface area contributed by atoms with Crippen LogP contribution in [0, 0.1) is 0 Å². The molecule has 8 rings (SSSR count). The Morgan fingerprint density at radius 1 is 0.436 bits per heavy atom. The van der Waals surface area contributed by atoms with Crippen molar-refractivity contribution in [2.24, 2.45) is 0 Å². The number of nitrogens with zero attached hydrogens (tertiary/aromatic N) is 1. The van der Waals surface area contributed by atoms with E-state index < -0.39 is 8.07 Å². The fourth-order valence-electron chi connectivity index (χ4n) is 6.53. The maximum absolute atomic E-state index is 6.53. The third-order valence-electron chi connectivity index (χ3n) is 8.13. The van der Waals surface area contributed by atoms with Crippen molar-refractivity contribution in [3.63, 3.8) is 0 Å². The topological polar surface area (TPSA) is 14.2 Å². The molecule has 0 aliphatic carbocycles. The first-order valence-electron chi connectivity index (χ1n) is 13.4. The van der Waals surface area contributed by atoms with Gasteiger partial charge in [0.2, 0.25) is 0 Å². The number of rotatable bonds is 3. The van der Waals surface area contributed by atoms with Crippen molar-refractivity contribution in [3.05, 3.63) is 152 Å². The van der Waals surface area contributed by atoms with Crippen LogP contribution in [0.3, 0.4) is 0 Å². The molecule has 1 aromatic heterocycles. The normalized spacial score (nSPS) is 13.5. The molecule has 2 heterocycles. The van der Waals surface area contributed by atoms with Gasteiger partial charge in [0.05, 0.1) is 11.0 Å². The van der Waals surface area contributed by atoms with Gasteiger partial charge in [-0.15, -0.1) is 0 Å². The number of ether oxygens (including phenoxy) is 1. The summed E-state index contributed by atoms with van der Waals surface area (Å²) in [5.41, 5.74) is 3.62. The SMILES string of the molecule is c1ccc(-n2c3ccccc3c3cc([Si]4(c5ccccc5)c5ccccc5Oc5ccccc54)ccc32)cc1. The zero-order valence-corrected chi connectivity index (χ0v) is 22.3. The van der Waals surface area contributed by atoms with Crippen molar-refractivity contribution >= 4 is 50.6 Å². The van der Waals surface area contributed by atoms with Gasteiger partial charge in [0.25, 0.3) is 0 Å². The molecule has 0 saturated heterocycles. The molecule has 0 unspecified atom stereocenters. The summed E-state index contributed by atoms with van der Waals surface area (Å²) >= 11 is 0. The summed E-state index contributed by atoms with van der Waals surface area (Å²) < 4.78 is 8.91. The van der Waals surface area contributed by atoms with Gasteiger partial charge in [0.15, 0.2) is 8.07 Å². The molecule has 0 fully saturated rings. The fraction of sp³-hybridized carbons (Fsp3) is 0. The van der Waals surface area contributed by atoms with Crippen molar-refractivity contribution in [3.8, 4) is 17.2 Å². The molecule has 3 heteroatoms. The molecular formula is C36H25NOSi. The summed E-state index contributed by atoms with van der Waals surface area (Å²) in [4.78, 5) is 0. The summed E-state index contributed by atoms with van der Waals surface area (Å²) in [5, 5.41) is 7.85. The van der Waals surface area contributed by atoms with Crippen LogP contribution in [0.2, 0.25) is 0 Å². The van der Waals surface area contributed by atoms with Crippen LogP contribution in [0.4, 0.5) is 0 Å². The average molecular weight is 516 g/mol. The Morgan fingerprint density at radius 2 is 1.00 bits per heavy atom. The average Bonchev–Trinajstić information content (AvgIpc) is 3.34. The number of hydrogen-bond donors (Lipinski definition) is 0. The molecule has 39 heavy (non-hydrogen) atoms. The molecule has 0 amide bonds. The van der Waals surface area contributed by atoms with E-state index >= 15 is 0 Å². The van der Waals surface area contributed by atoms with E-state index in [0.29, 0.717) is 0 Å². The fourth-order valence-corrected chi connectivity index (χ4v) is 11.5. The maximum atomic E-state index is 6.53. The summed E-state index contributed by atoms with van der Waals surface area (Å²) in [6.07, 6.45) is 0. The summed E-state index contributed by atoms with van der Waals surface area (Å²) in [6, 6.07) is 54.9. The molecular weight excluding hydrogens is 490 g/mol. The molecule has 0 N–H and O–H groups in total. The lowest BCUT2D eigenvalue weighted by atomic mass is 10.1. The Morgan fingerprint density at radius 3 is 1.72 bits per heavy atom. The molecule has 0 saturated carbocycles. The van der Waals surface area contributed by atoms with Gasteiger partial charge in [-0.2, -0.15) is 0 Å².